The number of fused-ring (bicyclic) bond motifs is 1. The van der Waals surface area contributed by atoms with Gasteiger partial charge in [0.15, 0.2) is 11.6 Å². The van der Waals surface area contributed by atoms with Crippen molar-refractivity contribution >= 4 is 5.57 Å². The summed E-state index contributed by atoms with van der Waals surface area (Å²) in [5.41, 5.74) is -0.230. The highest BCUT2D eigenvalue weighted by Gasteiger charge is 2.33. The molecule has 3 aromatic rings. The van der Waals surface area contributed by atoms with Gasteiger partial charge in [-0.05, 0) is 83.8 Å². The van der Waals surface area contributed by atoms with Gasteiger partial charge in [-0.2, -0.15) is 0 Å². The molecule has 0 N–H and O–H groups in total. The Morgan fingerprint density at radius 1 is 0.833 bits per heavy atom. The van der Waals surface area contributed by atoms with E-state index in [-0.39, 0.29) is 40.7 Å². The van der Waals surface area contributed by atoms with Crippen molar-refractivity contribution in [2.24, 2.45) is 0 Å². The van der Waals surface area contributed by atoms with Crippen LogP contribution in [-0.4, -0.2) is 6.36 Å². The van der Waals surface area contributed by atoms with E-state index in [4.69, 9.17) is 0 Å². The number of halogens is 8. The Bertz CT molecular complexity index is 1320. The van der Waals surface area contributed by atoms with E-state index in [9.17, 15) is 30.7 Å². The molecule has 0 spiro atoms. The van der Waals surface area contributed by atoms with Crippen LogP contribution in [0.4, 0.5) is 35.1 Å². The Hall–Kier alpha value is -3.36. The van der Waals surface area contributed by atoms with Gasteiger partial charge in [0.25, 0.3) is 0 Å². The van der Waals surface area contributed by atoms with Crippen LogP contribution in [-0.2, 0) is 19.3 Å². The van der Waals surface area contributed by atoms with Gasteiger partial charge < -0.3 is 4.74 Å². The summed E-state index contributed by atoms with van der Waals surface area (Å²) in [5, 5.41) is 0. The number of rotatable bonds is 6. The standard InChI is InChI=1S/C27H20F8O/c1-2-3-4-14-9-20(29)24(21(30)10-14)15-5-7-18-17(11-15)13-22(31)25(26(18)32)16-6-8-23(19(28)12-16)36-27(33,34)35/h5-6,8-10,12-13H,2-4,7,11H2,1H3. The Balaban J connectivity index is 1.66. The molecule has 0 saturated heterocycles. The number of unbranched alkanes of at least 4 members (excludes halogenated alkanes) is 1. The lowest BCUT2D eigenvalue weighted by Crippen LogP contribution is -2.18. The minimum Gasteiger partial charge on any atom is -0.403 e. The monoisotopic (exact) mass is 512 g/mol. The first kappa shape index (κ1) is 25.7. The highest BCUT2D eigenvalue weighted by atomic mass is 19.4. The average Bonchev–Trinajstić information content (AvgIpc) is 2.78. The quantitative estimate of drug-likeness (QED) is 0.301. The zero-order valence-corrected chi connectivity index (χ0v) is 19.0. The molecular formula is C27H20F8O. The summed E-state index contributed by atoms with van der Waals surface area (Å²) in [5.74, 6) is -6.22. The van der Waals surface area contributed by atoms with Crippen molar-refractivity contribution < 1.29 is 39.9 Å². The smallest absolute Gasteiger partial charge is 0.403 e. The molecule has 0 fully saturated rings. The summed E-state index contributed by atoms with van der Waals surface area (Å²) in [7, 11) is 0. The van der Waals surface area contributed by atoms with Crippen LogP contribution in [0.2, 0.25) is 0 Å². The average molecular weight is 512 g/mol. The van der Waals surface area contributed by atoms with E-state index in [2.05, 4.69) is 4.74 Å². The molecule has 1 aliphatic carbocycles. The van der Waals surface area contributed by atoms with Crippen molar-refractivity contribution in [1.82, 2.24) is 0 Å². The van der Waals surface area contributed by atoms with Crippen LogP contribution in [0.15, 0.2) is 42.5 Å². The fourth-order valence-electron chi connectivity index (χ4n) is 4.37. The number of ether oxygens (including phenoxy) is 1. The van der Waals surface area contributed by atoms with Crippen molar-refractivity contribution in [3.8, 4) is 16.9 Å². The summed E-state index contributed by atoms with van der Waals surface area (Å²) in [6, 6.07) is 5.59. The molecule has 4 rings (SSSR count). The Kier molecular flexibility index (Phi) is 7.11. The second kappa shape index (κ2) is 9.95. The lowest BCUT2D eigenvalue weighted by Gasteiger charge is -2.21. The van der Waals surface area contributed by atoms with Crippen molar-refractivity contribution in [3.63, 3.8) is 0 Å². The van der Waals surface area contributed by atoms with Gasteiger partial charge in [-0.1, -0.05) is 25.5 Å². The lowest BCUT2D eigenvalue weighted by atomic mass is 9.85. The van der Waals surface area contributed by atoms with Crippen molar-refractivity contribution in [2.75, 3.05) is 0 Å². The van der Waals surface area contributed by atoms with E-state index >= 15 is 4.39 Å². The van der Waals surface area contributed by atoms with Gasteiger partial charge in [-0.25, -0.2) is 22.0 Å². The van der Waals surface area contributed by atoms with Crippen molar-refractivity contribution in [2.45, 2.75) is 45.4 Å². The van der Waals surface area contributed by atoms with Crippen LogP contribution in [0.1, 0.15) is 42.0 Å². The molecule has 0 bridgehead atoms. The predicted molar refractivity (Wildman–Crippen MR) is 119 cm³/mol. The summed E-state index contributed by atoms with van der Waals surface area (Å²) in [6.07, 6.45) is -1.78. The minimum atomic E-state index is -5.14. The first-order chi connectivity index (χ1) is 17.0. The molecule has 1 nitrogen and oxygen atoms in total. The maximum absolute atomic E-state index is 15.3. The van der Waals surface area contributed by atoms with E-state index in [1.165, 1.54) is 18.2 Å². The van der Waals surface area contributed by atoms with Crippen LogP contribution >= 0.6 is 0 Å². The van der Waals surface area contributed by atoms with Crippen LogP contribution in [0.25, 0.3) is 16.7 Å². The van der Waals surface area contributed by atoms with Gasteiger partial charge >= 0.3 is 6.36 Å². The third kappa shape index (κ3) is 5.24. The van der Waals surface area contributed by atoms with Crippen molar-refractivity contribution in [1.29, 1.82) is 0 Å². The maximum atomic E-state index is 15.3. The minimum absolute atomic E-state index is 0.0477. The first-order valence-corrected chi connectivity index (χ1v) is 11.2. The predicted octanol–water partition coefficient (Wildman–Crippen LogP) is 8.47. The number of benzene rings is 3. The molecule has 3 aromatic carbocycles. The zero-order valence-electron chi connectivity index (χ0n) is 19.0. The largest absolute Gasteiger partial charge is 0.573 e. The van der Waals surface area contributed by atoms with Crippen LogP contribution in [0.3, 0.4) is 0 Å². The summed E-state index contributed by atoms with van der Waals surface area (Å²) in [4.78, 5) is 0. The maximum Gasteiger partial charge on any atom is 0.573 e. The molecular weight excluding hydrogens is 492 g/mol. The topological polar surface area (TPSA) is 9.23 Å². The Morgan fingerprint density at radius 3 is 2.11 bits per heavy atom. The SMILES string of the molecule is CCCCc1cc(F)c(C2=CCc3c(cc(F)c(-c4ccc(OC(F)(F)F)c(F)c4)c3F)C2)c(F)c1. The Morgan fingerprint density at radius 2 is 1.50 bits per heavy atom. The van der Waals surface area contributed by atoms with Crippen LogP contribution in [0, 0.1) is 29.1 Å². The van der Waals surface area contributed by atoms with Gasteiger partial charge in [-0.3, -0.25) is 0 Å². The van der Waals surface area contributed by atoms with E-state index in [1.807, 2.05) is 6.92 Å². The first-order valence-electron chi connectivity index (χ1n) is 11.2. The second-order valence-electron chi connectivity index (χ2n) is 8.53. The highest BCUT2D eigenvalue weighted by Crippen LogP contribution is 2.38. The molecule has 0 atom stereocenters. The van der Waals surface area contributed by atoms with E-state index in [0.717, 1.165) is 25.0 Å². The normalized spacial score (nSPS) is 13.4. The molecule has 9 heteroatoms. The zero-order chi connectivity index (χ0) is 26.2. The number of alkyl halides is 3. The Labute approximate surface area is 202 Å². The van der Waals surface area contributed by atoms with Gasteiger partial charge in [0, 0.05) is 5.56 Å². The van der Waals surface area contributed by atoms with E-state index < -0.39 is 46.8 Å². The number of allylic oxidation sites excluding steroid dienone is 2. The van der Waals surface area contributed by atoms with Gasteiger partial charge in [0.05, 0.1) is 5.56 Å². The molecule has 0 saturated carbocycles. The fourth-order valence-corrected chi connectivity index (χ4v) is 4.37. The molecule has 0 unspecified atom stereocenters. The van der Waals surface area contributed by atoms with E-state index in [1.54, 1.807) is 0 Å². The lowest BCUT2D eigenvalue weighted by molar-refractivity contribution is -0.275. The number of aryl methyl sites for hydroxylation is 1. The molecule has 1 aliphatic rings. The van der Waals surface area contributed by atoms with Crippen LogP contribution in [0.5, 0.6) is 5.75 Å². The van der Waals surface area contributed by atoms with Gasteiger partial charge in [0.2, 0.25) is 0 Å². The fraction of sp³-hybridized carbons (Fsp3) is 0.259. The second-order valence-corrected chi connectivity index (χ2v) is 8.53. The molecule has 0 amide bonds. The third-order valence-electron chi connectivity index (χ3n) is 6.03. The van der Waals surface area contributed by atoms with Crippen LogP contribution < -0.4 is 4.74 Å². The molecule has 0 heterocycles. The van der Waals surface area contributed by atoms with Gasteiger partial charge in [-0.15, -0.1) is 13.2 Å². The molecule has 0 aromatic heterocycles. The number of hydrogen-bond donors (Lipinski definition) is 0. The van der Waals surface area contributed by atoms with Crippen molar-refractivity contribution in [3.05, 3.63) is 93.8 Å². The molecule has 36 heavy (non-hydrogen) atoms. The summed E-state index contributed by atoms with van der Waals surface area (Å²) in [6.45, 7) is 1.96. The van der Waals surface area contributed by atoms with Gasteiger partial charge in [0.1, 0.15) is 23.3 Å². The molecule has 190 valence electrons. The summed E-state index contributed by atoms with van der Waals surface area (Å²) >= 11 is 0. The molecule has 0 radical (unpaired) electrons. The third-order valence-corrected chi connectivity index (χ3v) is 6.03. The highest BCUT2D eigenvalue weighted by molar-refractivity contribution is 5.74. The summed E-state index contributed by atoms with van der Waals surface area (Å²) < 4.78 is 115. The molecule has 0 aliphatic heterocycles. The van der Waals surface area contributed by atoms with E-state index in [0.29, 0.717) is 24.1 Å². The number of hydrogen-bond acceptors (Lipinski definition) is 1.